The molecular weight excluding hydrogens is 1840 g/mol. The van der Waals surface area contributed by atoms with Crippen LogP contribution >= 0.6 is 0 Å². The summed E-state index contributed by atoms with van der Waals surface area (Å²) in [5.41, 5.74) is 26.8. The van der Waals surface area contributed by atoms with Crippen LogP contribution in [-0.2, 0) is 62.3 Å². The molecule has 5 fully saturated rings. The first-order valence-electron chi connectivity index (χ1n) is 46.6. The fourth-order valence-electron chi connectivity index (χ4n) is 14.7. The Bertz CT molecular complexity index is 5850. The zero-order chi connectivity index (χ0) is 103. The van der Waals surface area contributed by atoms with Gasteiger partial charge in [0.1, 0.15) is 53.0 Å². The number of aliphatic hydroxyl groups excluding tert-OH is 2. The number of Topliss-reactive ketones (excluding diaryl/α,β-unsaturated/α-hetero) is 1. The van der Waals surface area contributed by atoms with Crippen molar-refractivity contribution in [2.45, 2.75) is 226 Å². The lowest BCUT2D eigenvalue weighted by atomic mass is 9.89. The summed E-state index contributed by atoms with van der Waals surface area (Å²) in [6.07, 6.45) is 13.8. The topological polar surface area (TPSA) is 610 Å². The molecule has 0 radical (unpaired) electrons. The second-order valence-electron chi connectivity index (χ2n) is 34.5. The molecule has 13 rings (SSSR count). The number of aliphatic hydroxyl groups is 2. The quantitative estimate of drug-likeness (QED) is 0.00178. The number of aromatic nitrogens is 2. The van der Waals surface area contributed by atoms with Crippen molar-refractivity contribution >= 4 is 113 Å². The summed E-state index contributed by atoms with van der Waals surface area (Å²) in [6.45, 7) is 16.6. The molecule has 0 aliphatic heterocycles. The fraction of sp³-hybridized carbons (Fsp3) is 0.379. The summed E-state index contributed by atoms with van der Waals surface area (Å²) in [7, 11) is 0. The lowest BCUT2D eigenvalue weighted by Crippen LogP contribution is -2.34. The first kappa shape index (κ1) is 110. The van der Waals surface area contributed by atoms with Gasteiger partial charge in [-0.2, -0.15) is 4.99 Å². The Morgan fingerprint density at radius 3 is 1.32 bits per heavy atom. The van der Waals surface area contributed by atoms with E-state index in [0.717, 1.165) is 109 Å². The van der Waals surface area contributed by atoms with Crippen molar-refractivity contribution < 1.29 is 120 Å². The Kier molecular flexibility index (Phi) is 42.2. The molecule has 39 nitrogen and oxygen atoms in total. The number of nitrogens with one attached hydrogen (secondary N) is 5. The normalized spacial score (nSPS) is 14.4. The SMILES string of the molecule is C=Cc1cc(C(=O)Cc2ccc(C(=N)NC(=O)OC3CCCCC3)cc2)c(-c2ccc(C(=O)NCC3CC3)nc2C(=O)OC(C)OC(=O)OC(C)C)cc1CO.C=Cc1cc(C(=O)O)c(-c2ccc(C(=O)NCC3CC3)nc2C(=O)OC(C)OC(=O)OC(C)C)cc1CO.N=C(N)c1ccc(N)cc1.NC(=NC(=O)OC1CCCCC1)c1ccc(N)cc1.O=C(Oc1ccc([N+](=O)[O-])cc1)OC1CCCCC1. The molecule has 5 saturated carbocycles. The number of aromatic carboxylic acids is 1. The highest BCUT2D eigenvalue weighted by atomic mass is 16.8. The molecule has 754 valence electrons. The number of aliphatic imine (C=N–C) groups is 1. The predicted octanol–water partition coefficient (Wildman–Crippen LogP) is 17.1. The van der Waals surface area contributed by atoms with E-state index in [1.54, 1.807) is 113 Å². The lowest BCUT2D eigenvalue weighted by molar-refractivity contribution is -0.384. The number of nitrogens with two attached hydrogens (primary N) is 4. The van der Waals surface area contributed by atoms with Crippen LogP contribution in [0.15, 0.2) is 164 Å². The second kappa shape index (κ2) is 54.5. The average molecular weight is 1960 g/mol. The van der Waals surface area contributed by atoms with Crippen molar-refractivity contribution in [3.05, 3.63) is 247 Å². The Hall–Kier alpha value is -15.8. The lowest BCUT2D eigenvalue weighted by Gasteiger charge is -2.21. The highest BCUT2D eigenvalue weighted by Gasteiger charge is 2.33. The first-order valence-corrected chi connectivity index (χ1v) is 46.6. The van der Waals surface area contributed by atoms with E-state index in [2.05, 4.69) is 44.1 Å². The molecule has 2 aromatic heterocycles. The third-order valence-electron chi connectivity index (χ3n) is 22.5. The van der Waals surface area contributed by atoms with Gasteiger partial charge in [-0.1, -0.05) is 68.8 Å². The molecule has 0 saturated heterocycles. The highest BCUT2D eigenvalue weighted by Crippen LogP contribution is 2.37. The van der Waals surface area contributed by atoms with Crippen molar-refractivity contribution in [2.75, 3.05) is 24.6 Å². The van der Waals surface area contributed by atoms with Crippen LogP contribution in [0.25, 0.3) is 34.4 Å². The Balaban J connectivity index is 0.000000222. The van der Waals surface area contributed by atoms with Gasteiger partial charge < -0.3 is 96.3 Å². The van der Waals surface area contributed by atoms with Crippen LogP contribution in [0.2, 0.25) is 0 Å². The summed E-state index contributed by atoms with van der Waals surface area (Å²) >= 11 is 0. The zero-order valence-electron chi connectivity index (χ0n) is 79.9. The Morgan fingerprint density at radius 1 is 0.500 bits per heavy atom. The number of carboxylic acid groups (broad SMARTS) is 1. The number of amides is 4. The van der Waals surface area contributed by atoms with E-state index < -0.39 is 103 Å². The Labute approximate surface area is 820 Å². The number of amidine groups is 3. The van der Waals surface area contributed by atoms with Crippen molar-refractivity contribution in [3.8, 4) is 28.0 Å². The summed E-state index contributed by atoms with van der Waals surface area (Å²) < 4.78 is 51.4. The van der Waals surface area contributed by atoms with E-state index in [9.17, 15) is 78.2 Å². The number of hydrogen-bond donors (Lipinski definition) is 12. The van der Waals surface area contributed by atoms with Crippen LogP contribution in [0.3, 0.4) is 0 Å². The van der Waals surface area contributed by atoms with Gasteiger partial charge in [-0.05, 0) is 290 Å². The van der Waals surface area contributed by atoms with Gasteiger partial charge in [-0.3, -0.25) is 40.6 Å². The van der Waals surface area contributed by atoms with Gasteiger partial charge >= 0.3 is 48.6 Å². The number of rotatable bonds is 32. The number of nitro benzene ring substituents is 1. The van der Waals surface area contributed by atoms with Gasteiger partial charge in [-0.25, -0.2) is 48.3 Å². The number of pyridine rings is 2. The molecule has 0 bridgehead atoms. The Morgan fingerprint density at radius 2 is 0.915 bits per heavy atom. The number of ether oxygens (including phenoxy) is 10. The van der Waals surface area contributed by atoms with Crippen molar-refractivity contribution in [3.63, 3.8) is 0 Å². The minimum absolute atomic E-state index is 0.00998. The van der Waals surface area contributed by atoms with E-state index in [0.29, 0.717) is 80.8 Å². The molecule has 8 aromatic rings. The highest BCUT2D eigenvalue weighted by molar-refractivity contribution is 6.09. The summed E-state index contributed by atoms with van der Waals surface area (Å²) in [5.74, 6) is -3.71. The van der Waals surface area contributed by atoms with Crippen LogP contribution in [-0.4, -0.2) is 170 Å². The number of nitrogens with zero attached hydrogens (tertiary/aromatic N) is 4. The zero-order valence-corrected chi connectivity index (χ0v) is 79.9. The number of hydrogen-bond acceptors (Lipinski definition) is 31. The van der Waals surface area contributed by atoms with Crippen molar-refractivity contribution in [2.24, 2.45) is 28.3 Å². The van der Waals surface area contributed by atoms with Gasteiger partial charge in [0.15, 0.2) is 17.2 Å². The van der Waals surface area contributed by atoms with E-state index in [-0.39, 0.29) is 116 Å². The van der Waals surface area contributed by atoms with E-state index >= 15 is 0 Å². The van der Waals surface area contributed by atoms with Gasteiger partial charge in [-0.15, -0.1) is 0 Å². The molecule has 4 amide bonds. The standard InChI is InChI=1S/C42H48N4O10.C27H30N2O9.C14H19N3O2.C13H15NO5.C7H9N3/c1-5-28-20-34(36(48)19-26-13-15-29(16-14-26)38(43)46-41(51)56-31-9-7-6-8-10-31)33(21-30(28)23-47)32-17-18-35(39(49)44-22-27-11-12-27)45-37(32)40(50)54-25(4)55-42(52)53-24(2)3;1-5-17-10-21(25(32)33)20(11-18(17)13-30)19-8-9-22(24(31)28-12-16-6-7-16)29-23(19)26(34)37-15(4)38-27(35)36-14(2)3;15-11-8-6-10(7-9-11)13(16)17-14(18)19-12-4-2-1-3-5-12;15-13(18-11-4-2-1-3-5-11)19-12-8-6-10(7-9-12)14(16)17;8-6-3-1-5(2-4-6)7(9)10/h5,13-18,20-21,24-25,27,31,47H,1,6-12,19,22-23H2,2-4H3,(H,44,49)(H2,43,46,51);5,8-11,14-16,30H,1,6-7,12-13H2,2-4H3,(H,28,31)(H,32,33);6-9,12H,1-5,15H2,(H2,16,17,18);6-9,11H,1-5H2;1-4H,8H2,(H3,9,10). The van der Waals surface area contributed by atoms with Crippen LogP contribution in [0, 0.1) is 32.8 Å². The number of nitrogen functional groups attached to an aromatic ring is 3. The average Bonchev–Trinajstić information content (AvgIpc) is 1.32. The van der Waals surface area contributed by atoms with Gasteiger partial charge in [0.25, 0.3) is 17.5 Å². The maximum absolute atomic E-state index is 14.1. The number of carboxylic acids is 1. The molecule has 142 heavy (non-hydrogen) atoms. The summed E-state index contributed by atoms with van der Waals surface area (Å²) in [5, 5.41) is 63.8. The number of ketones is 1. The minimum Gasteiger partial charge on any atom is -0.478 e. The second-order valence-corrected chi connectivity index (χ2v) is 34.5. The molecule has 16 N–H and O–H groups in total. The van der Waals surface area contributed by atoms with Crippen LogP contribution in [0.5, 0.6) is 5.75 Å². The molecule has 6 aromatic carbocycles. The number of non-ortho nitro benzene ring substituents is 1. The molecule has 2 heterocycles. The van der Waals surface area contributed by atoms with Crippen molar-refractivity contribution in [1.82, 2.24) is 25.9 Å². The number of alkyl carbamates (subject to hydrolysis) is 1. The van der Waals surface area contributed by atoms with Crippen LogP contribution < -0.4 is 43.6 Å². The maximum Gasteiger partial charge on any atom is 0.514 e. The molecule has 2 atom stereocenters. The molecule has 0 spiro atoms. The number of carbonyl (C=O) groups excluding carboxylic acids is 10. The van der Waals surface area contributed by atoms with Gasteiger partial charge in [0, 0.05) is 90.2 Å². The molecule has 5 aliphatic carbocycles. The maximum atomic E-state index is 14.1. The number of carbonyl (C=O) groups is 11. The van der Waals surface area contributed by atoms with Gasteiger partial charge in [0.2, 0.25) is 12.6 Å². The van der Waals surface area contributed by atoms with E-state index in [1.165, 1.54) is 99.5 Å². The minimum atomic E-state index is -1.41. The molecule has 39 heteroatoms. The van der Waals surface area contributed by atoms with Crippen molar-refractivity contribution in [1.29, 1.82) is 10.8 Å². The van der Waals surface area contributed by atoms with Gasteiger partial charge in [0.05, 0.1) is 35.9 Å². The molecule has 5 aliphatic rings. The third kappa shape index (κ3) is 35.6. The number of nitro groups is 1. The summed E-state index contributed by atoms with van der Waals surface area (Å²) in [6, 6.07) is 37.1. The number of esters is 2. The number of anilines is 2. The van der Waals surface area contributed by atoms with E-state index in [4.69, 9.17) is 81.1 Å². The van der Waals surface area contributed by atoms with Crippen LogP contribution in [0.4, 0.5) is 41.0 Å². The largest absolute Gasteiger partial charge is 0.514 e. The third-order valence-corrected chi connectivity index (χ3v) is 22.5. The van der Waals surface area contributed by atoms with E-state index in [1.807, 2.05) is 0 Å². The monoisotopic (exact) mass is 1960 g/mol. The fourth-order valence-corrected chi connectivity index (χ4v) is 14.7. The van der Waals surface area contributed by atoms with Crippen LogP contribution in [0.1, 0.15) is 271 Å². The predicted molar refractivity (Wildman–Crippen MR) is 525 cm³/mol. The molecular formula is C103H121N13O26. The smallest absolute Gasteiger partial charge is 0.478 e. The number of benzene rings is 6. The summed E-state index contributed by atoms with van der Waals surface area (Å²) in [4.78, 5) is 161. The first-order chi connectivity index (χ1) is 67.9. The molecule has 2 unspecified atom stereocenters.